The summed E-state index contributed by atoms with van der Waals surface area (Å²) in [5, 5.41) is 3.93. The topological polar surface area (TPSA) is 21.3 Å². The summed E-state index contributed by atoms with van der Waals surface area (Å²) in [5.41, 5.74) is 0.603. The number of rotatable bonds is 4. The van der Waals surface area contributed by atoms with E-state index in [1.54, 1.807) is 24.3 Å². The maximum absolute atomic E-state index is 14.1. The van der Waals surface area contributed by atoms with Crippen LogP contribution in [0.4, 0.5) is 4.39 Å². The zero-order chi connectivity index (χ0) is 14.7. The van der Waals surface area contributed by atoms with Gasteiger partial charge in [0, 0.05) is 23.0 Å². The van der Waals surface area contributed by atoms with Gasteiger partial charge in [-0.3, -0.25) is 0 Å². The second-order valence-electron chi connectivity index (χ2n) is 5.27. The van der Waals surface area contributed by atoms with Gasteiger partial charge in [-0.05, 0) is 37.2 Å². The Morgan fingerprint density at radius 1 is 1.19 bits per heavy atom. The van der Waals surface area contributed by atoms with Crippen LogP contribution < -0.4 is 10.1 Å². The fraction of sp³-hybridized carbons (Fsp3) is 0.294. The molecule has 2 nitrogen and oxygen atoms in total. The Hall–Kier alpha value is -1.58. The van der Waals surface area contributed by atoms with E-state index in [2.05, 4.69) is 5.32 Å². The molecule has 21 heavy (non-hydrogen) atoms. The van der Waals surface area contributed by atoms with Crippen LogP contribution in [0.1, 0.15) is 18.1 Å². The highest BCUT2D eigenvalue weighted by atomic mass is 35.5. The van der Waals surface area contributed by atoms with Crippen LogP contribution >= 0.6 is 11.6 Å². The summed E-state index contributed by atoms with van der Waals surface area (Å²) in [4.78, 5) is 0. The van der Waals surface area contributed by atoms with Crippen LogP contribution in [-0.2, 0) is 0 Å². The van der Waals surface area contributed by atoms with E-state index in [1.165, 1.54) is 6.07 Å². The van der Waals surface area contributed by atoms with E-state index in [0.29, 0.717) is 16.3 Å². The second-order valence-corrected chi connectivity index (χ2v) is 5.71. The summed E-state index contributed by atoms with van der Waals surface area (Å²) in [5.74, 6) is 0.694. The molecule has 4 heteroatoms. The number of ether oxygens (including phenoxy) is 1. The van der Waals surface area contributed by atoms with Gasteiger partial charge in [-0.2, -0.15) is 0 Å². The molecule has 0 spiro atoms. The summed E-state index contributed by atoms with van der Waals surface area (Å²) < 4.78 is 20.2. The van der Waals surface area contributed by atoms with Gasteiger partial charge in [0.15, 0.2) is 0 Å². The van der Waals surface area contributed by atoms with Crippen molar-refractivity contribution in [2.24, 2.45) is 5.92 Å². The van der Waals surface area contributed by atoms with Gasteiger partial charge in [0.1, 0.15) is 17.7 Å². The van der Waals surface area contributed by atoms with Gasteiger partial charge < -0.3 is 10.1 Å². The number of nitrogens with one attached hydrogen (secondary N) is 1. The number of benzene rings is 2. The molecule has 1 N–H and O–H groups in total. The monoisotopic (exact) mass is 305 g/mol. The zero-order valence-electron chi connectivity index (χ0n) is 11.6. The third-order valence-corrected chi connectivity index (χ3v) is 4.03. The van der Waals surface area contributed by atoms with E-state index >= 15 is 0 Å². The minimum absolute atomic E-state index is 0.226. The molecule has 1 saturated heterocycles. The van der Waals surface area contributed by atoms with Crippen LogP contribution in [0.3, 0.4) is 0 Å². The highest BCUT2D eigenvalue weighted by Crippen LogP contribution is 2.33. The fourth-order valence-corrected chi connectivity index (χ4v) is 2.92. The van der Waals surface area contributed by atoms with Crippen molar-refractivity contribution in [3.05, 3.63) is 64.9 Å². The zero-order valence-corrected chi connectivity index (χ0v) is 12.3. The lowest BCUT2D eigenvalue weighted by Crippen LogP contribution is -2.22. The standard InChI is InChI=1S/C17H17ClFNO/c18-13-4-3-5-14(10-13)21-17(12-8-9-20-11-12)15-6-1-2-7-16(15)19/h1-7,10,12,17,20H,8-9,11H2/t12-,17+/m0/s1. The van der Waals surface area contributed by atoms with Crippen molar-refractivity contribution in [1.29, 1.82) is 0 Å². The summed E-state index contributed by atoms with van der Waals surface area (Å²) in [6.07, 6.45) is 0.666. The van der Waals surface area contributed by atoms with Crippen LogP contribution in [0.25, 0.3) is 0 Å². The summed E-state index contributed by atoms with van der Waals surface area (Å²) in [6, 6.07) is 14.1. The average Bonchev–Trinajstić information content (AvgIpc) is 3.00. The quantitative estimate of drug-likeness (QED) is 0.913. The molecule has 1 aliphatic rings. The summed E-state index contributed by atoms with van der Waals surface area (Å²) in [7, 11) is 0. The summed E-state index contributed by atoms with van der Waals surface area (Å²) >= 11 is 6.00. The number of halogens is 2. The van der Waals surface area contributed by atoms with E-state index in [0.717, 1.165) is 19.5 Å². The Balaban J connectivity index is 1.91. The Labute approximate surface area is 128 Å². The third kappa shape index (κ3) is 3.36. The molecule has 0 aliphatic carbocycles. The van der Waals surface area contributed by atoms with Gasteiger partial charge in [0.2, 0.25) is 0 Å². The largest absolute Gasteiger partial charge is 0.485 e. The number of hydrogen-bond acceptors (Lipinski definition) is 2. The van der Waals surface area contributed by atoms with Gasteiger partial charge in [-0.15, -0.1) is 0 Å². The molecule has 0 aromatic heterocycles. The van der Waals surface area contributed by atoms with Gasteiger partial charge in [-0.1, -0.05) is 35.9 Å². The molecule has 0 amide bonds. The minimum Gasteiger partial charge on any atom is -0.485 e. The van der Waals surface area contributed by atoms with Crippen LogP contribution in [0.2, 0.25) is 5.02 Å². The molecule has 1 heterocycles. The summed E-state index contributed by atoms with van der Waals surface area (Å²) in [6.45, 7) is 1.77. The van der Waals surface area contributed by atoms with E-state index in [1.807, 2.05) is 18.2 Å². The molecule has 110 valence electrons. The first-order chi connectivity index (χ1) is 10.2. The molecule has 0 saturated carbocycles. The van der Waals surface area contributed by atoms with Gasteiger partial charge in [0.05, 0.1) is 0 Å². The van der Waals surface area contributed by atoms with Crippen molar-refractivity contribution < 1.29 is 9.13 Å². The molecule has 3 rings (SSSR count). The van der Waals surface area contributed by atoms with Crippen LogP contribution in [0.15, 0.2) is 48.5 Å². The predicted octanol–water partition coefficient (Wildman–Crippen LogP) is 4.21. The molecule has 1 aliphatic heterocycles. The molecule has 0 unspecified atom stereocenters. The smallest absolute Gasteiger partial charge is 0.131 e. The first-order valence-corrected chi connectivity index (χ1v) is 7.49. The Morgan fingerprint density at radius 2 is 2.05 bits per heavy atom. The molecule has 1 fully saturated rings. The molecule has 0 bridgehead atoms. The molecule has 2 aromatic rings. The maximum Gasteiger partial charge on any atom is 0.131 e. The van der Waals surface area contributed by atoms with Crippen LogP contribution in [-0.4, -0.2) is 13.1 Å². The fourth-order valence-electron chi connectivity index (χ4n) is 2.74. The highest BCUT2D eigenvalue weighted by molar-refractivity contribution is 6.30. The number of hydrogen-bond donors (Lipinski definition) is 1. The van der Waals surface area contributed by atoms with Crippen molar-refractivity contribution in [2.45, 2.75) is 12.5 Å². The molecule has 0 radical (unpaired) electrons. The van der Waals surface area contributed by atoms with E-state index in [4.69, 9.17) is 16.3 Å². The maximum atomic E-state index is 14.1. The third-order valence-electron chi connectivity index (χ3n) is 3.80. The van der Waals surface area contributed by atoms with Crippen molar-refractivity contribution in [2.75, 3.05) is 13.1 Å². The Kier molecular flexibility index (Phi) is 4.42. The predicted molar refractivity (Wildman–Crippen MR) is 82.2 cm³/mol. The van der Waals surface area contributed by atoms with E-state index < -0.39 is 0 Å². The van der Waals surface area contributed by atoms with Crippen LogP contribution in [0.5, 0.6) is 5.75 Å². The molecule has 2 aromatic carbocycles. The van der Waals surface area contributed by atoms with Crippen LogP contribution in [0, 0.1) is 11.7 Å². The molecule has 2 atom stereocenters. The first kappa shape index (κ1) is 14.4. The normalized spacial score (nSPS) is 19.4. The lowest BCUT2D eigenvalue weighted by molar-refractivity contribution is 0.140. The van der Waals surface area contributed by atoms with E-state index in [-0.39, 0.29) is 17.8 Å². The van der Waals surface area contributed by atoms with E-state index in [9.17, 15) is 4.39 Å². The average molecular weight is 306 g/mol. The van der Waals surface area contributed by atoms with Gasteiger partial charge >= 0.3 is 0 Å². The Bertz CT molecular complexity index is 613. The first-order valence-electron chi connectivity index (χ1n) is 7.11. The van der Waals surface area contributed by atoms with Crippen molar-refractivity contribution in [1.82, 2.24) is 5.32 Å². The second kappa shape index (κ2) is 6.46. The van der Waals surface area contributed by atoms with Crippen molar-refractivity contribution in [3.8, 4) is 5.75 Å². The minimum atomic E-state index is -0.306. The lowest BCUT2D eigenvalue weighted by atomic mass is 9.94. The molecular weight excluding hydrogens is 289 g/mol. The van der Waals surface area contributed by atoms with Gasteiger partial charge in [0.25, 0.3) is 0 Å². The van der Waals surface area contributed by atoms with Crippen molar-refractivity contribution >= 4 is 11.6 Å². The highest BCUT2D eigenvalue weighted by Gasteiger charge is 2.29. The van der Waals surface area contributed by atoms with Crippen molar-refractivity contribution in [3.63, 3.8) is 0 Å². The van der Waals surface area contributed by atoms with Gasteiger partial charge in [-0.25, -0.2) is 4.39 Å². The molecular formula is C17H17ClFNO. The SMILES string of the molecule is Fc1ccccc1[C@H](Oc1cccc(Cl)c1)[C@H]1CCNC1. The lowest BCUT2D eigenvalue weighted by Gasteiger charge is -2.25. The Morgan fingerprint density at radius 3 is 2.76 bits per heavy atom.